The minimum atomic E-state index is -3.79. The van der Waals surface area contributed by atoms with Crippen molar-refractivity contribution in [2.75, 3.05) is 16.7 Å². The first-order valence-electron chi connectivity index (χ1n) is 8.25. The lowest BCUT2D eigenvalue weighted by Crippen LogP contribution is -2.26. The summed E-state index contributed by atoms with van der Waals surface area (Å²) in [6, 6.07) is 16.5. The molecule has 7 heteroatoms. The first-order valence-corrected chi connectivity index (χ1v) is 9.69. The van der Waals surface area contributed by atoms with Gasteiger partial charge in [-0.25, -0.2) is 8.42 Å². The number of hydrogen-bond acceptors (Lipinski definition) is 4. The van der Waals surface area contributed by atoms with Crippen LogP contribution < -0.4 is 9.62 Å². The third-order valence-corrected chi connectivity index (χ3v) is 5.85. The van der Waals surface area contributed by atoms with Gasteiger partial charge >= 0.3 is 0 Å². The molecule has 0 aliphatic carbocycles. The van der Waals surface area contributed by atoms with Gasteiger partial charge in [-0.05, 0) is 49.4 Å². The van der Waals surface area contributed by atoms with Crippen molar-refractivity contribution in [1.82, 2.24) is 4.98 Å². The van der Waals surface area contributed by atoms with E-state index in [0.717, 1.165) is 5.56 Å². The van der Waals surface area contributed by atoms with Crippen LogP contribution in [0.15, 0.2) is 78.0 Å². The van der Waals surface area contributed by atoms with E-state index >= 15 is 0 Å². The maximum absolute atomic E-state index is 12.9. The zero-order chi connectivity index (χ0) is 19.4. The lowest BCUT2D eigenvalue weighted by Gasteiger charge is -2.20. The zero-order valence-electron chi connectivity index (χ0n) is 15.0. The number of aromatic nitrogens is 1. The molecule has 27 heavy (non-hydrogen) atoms. The molecule has 0 spiro atoms. The highest BCUT2D eigenvalue weighted by Crippen LogP contribution is 2.23. The second kappa shape index (κ2) is 7.59. The van der Waals surface area contributed by atoms with Gasteiger partial charge in [0, 0.05) is 18.8 Å². The summed E-state index contributed by atoms with van der Waals surface area (Å²) in [5.74, 6) is -0.405. The Hall–Kier alpha value is -3.19. The second-order valence-electron chi connectivity index (χ2n) is 6.03. The van der Waals surface area contributed by atoms with Crippen LogP contribution in [-0.2, 0) is 10.0 Å². The number of amides is 1. The van der Waals surface area contributed by atoms with Gasteiger partial charge in [-0.2, -0.15) is 0 Å². The molecule has 0 saturated carbocycles. The summed E-state index contributed by atoms with van der Waals surface area (Å²) in [7, 11) is -2.30. The Morgan fingerprint density at radius 1 is 1.04 bits per heavy atom. The van der Waals surface area contributed by atoms with Crippen molar-refractivity contribution < 1.29 is 13.2 Å². The van der Waals surface area contributed by atoms with Crippen LogP contribution in [0.5, 0.6) is 0 Å². The average molecular weight is 381 g/mol. The standard InChI is InChI=1S/C20H19N3O3S/c1-15-8-10-18(11-9-15)23(2)27(25,26)19-7-3-5-16(13-19)20(24)22-17-6-4-12-21-14-17/h3-14H,1-2H3,(H,22,24). The molecule has 0 saturated heterocycles. The van der Waals surface area contributed by atoms with Crippen molar-refractivity contribution in [2.24, 2.45) is 0 Å². The molecule has 0 bridgehead atoms. The summed E-state index contributed by atoms with van der Waals surface area (Å²) >= 11 is 0. The number of benzene rings is 2. The molecule has 1 heterocycles. The predicted molar refractivity (Wildman–Crippen MR) is 105 cm³/mol. The summed E-state index contributed by atoms with van der Waals surface area (Å²) in [6.07, 6.45) is 3.12. The maximum Gasteiger partial charge on any atom is 0.264 e. The Labute approximate surface area is 158 Å². The Kier molecular flexibility index (Phi) is 5.23. The predicted octanol–water partition coefficient (Wildman–Crippen LogP) is 3.47. The van der Waals surface area contributed by atoms with E-state index in [1.807, 2.05) is 19.1 Å². The summed E-state index contributed by atoms with van der Waals surface area (Å²) in [5.41, 5.74) is 2.37. The summed E-state index contributed by atoms with van der Waals surface area (Å²) in [4.78, 5) is 16.4. The van der Waals surface area contributed by atoms with Crippen LogP contribution in [0.4, 0.5) is 11.4 Å². The third-order valence-electron chi connectivity index (χ3n) is 4.07. The van der Waals surface area contributed by atoms with Gasteiger partial charge in [-0.1, -0.05) is 23.8 Å². The van der Waals surface area contributed by atoms with Crippen LogP contribution in [0.2, 0.25) is 0 Å². The molecule has 1 aromatic heterocycles. The second-order valence-corrected chi connectivity index (χ2v) is 8.00. The monoisotopic (exact) mass is 381 g/mol. The van der Waals surface area contributed by atoms with Gasteiger partial charge in [0.1, 0.15) is 0 Å². The Morgan fingerprint density at radius 3 is 2.44 bits per heavy atom. The molecule has 6 nitrogen and oxygen atoms in total. The summed E-state index contributed by atoms with van der Waals surface area (Å²) in [5, 5.41) is 2.69. The van der Waals surface area contributed by atoms with E-state index in [0.29, 0.717) is 11.4 Å². The van der Waals surface area contributed by atoms with E-state index in [1.54, 1.807) is 42.6 Å². The Balaban J connectivity index is 1.87. The van der Waals surface area contributed by atoms with Crippen LogP contribution in [0.25, 0.3) is 0 Å². The minimum absolute atomic E-state index is 0.0458. The average Bonchev–Trinajstić information content (AvgIpc) is 2.69. The van der Waals surface area contributed by atoms with Crippen molar-refractivity contribution in [3.05, 3.63) is 84.2 Å². The number of carbonyl (C=O) groups is 1. The normalized spacial score (nSPS) is 11.0. The van der Waals surface area contributed by atoms with E-state index in [4.69, 9.17) is 0 Å². The van der Waals surface area contributed by atoms with Crippen LogP contribution >= 0.6 is 0 Å². The fourth-order valence-electron chi connectivity index (χ4n) is 2.49. The fourth-order valence-corrected chi connectivity index (χ4v) is 3.73. The van der Waals surface area contributed by atoms with Crippen LogP contribution in [0.1, 0.15) is 15.9 Å². The number of nitrogens with zero attached hydrogens (tertiary/aromatic N) is 2. The van der Waals surface area contributed by atoms with Crippen molar-refractivity contribution in [3.8, 4) is 0 Å². The Bertz CT molecular complexity index is 1050. The molecule has 0 unspecified atom stereocenters. The van der Waals surface area contributed by atoms with Gasteiger partial charge in [0.15, 0.2) is 0 Å². The molecule has 3 rings (SSSR count). The largest absolute Gasteiger partial charge is 0.321 e. The van der Waals surface area contributed by atoms with E-state index in [-0.39, 0.29) is 10.5 Å². The SMILES string of the molecule is Cc1ccc(N(C)S(=O)(=O)c2cccc(C(=O)Nc3cccnc3)c2)cc1. The molecule has 0 aliphatic rings. The lowest BCUT2D eigenvalue weighted by atomic mass is 10.2. The quantitative estimate of drug-likeness (QED) is 0.734. The summed E-state index contributed by atoms with van der Waals surface area (Å²) in [6.45, 7) is 1.93. The van der Waals surface area contributed by atoms with E-state index in [2.05, 4.69) is 10.3 Å². The number of nitrogens with one attached hydrogen (secondary N) is 1. The number of aryl methyl sites for hydroxylation is 1. The molecule has 0 atom stereocenters. The smallest absolute Gasteiger partial charge is 0.264 e. The van der Waals surface area contributed by atoms with E-state index in [1.165, 1.54) is 29.7 Å². The molecule has 0 aliphatic heterocycles. The number of carbonyl (C=O) groups excluding carboxylic acids is 1. The molecule has 0 radical (unpaired) electrons. The molecule has 138 valence electrons. The van der Waals surface area contributed by atoms with Gasteiger partial charge in [0.25, 0.3) is 15.9 Å². The van der Waals surface area contributed by atoms with Crippen LogP contribution in [0.3, 0.4) is 0 Å². The van der Waals surface area contributed by atoms with E-state index < -0.39 is 15.9 Å². The molecule has 2 aromatic carbocycles. The molecule has 1 N–H and O–H groups in total. The maximum atomic E-state index is 12.9. The van der Waals surface area contributed by atoms with Crippen molar-refractivity contribution in [1.29, 1.82) is 0 Å². The van der Waals surface area contributed by atoms with Crippen LogP contribution in [-0.4, -0.2) is 26.4 Å². The van der Waals surface area contributed by atoms with E-state index in [9.17, 15) is 13.2 Å². The third kappa shape index (κ3) is 4.15. The minimum Gasteiger partial charge on any atom is -0.321 e. The number of pyridine rings is 1. The summed E-state index contributed by atoms with van der Waals surface area (Å²) < 4.78 is 27.1. The lowest BCUT2D eigenvalue weighted by molar-refractivity contribution is 0.102. The van der Waals surface area contributed by atoms with Gasteiger partial charge < -0.3 is 5.32 Å². The highest BCUT2D eigenvalue weighted by Gasteiger charge is 2.22. The number of hydrogen-bond donors (Lipinski definition) is 1. The van der Waals surface area contributed by atoms with Crippen LogP contribution in [0, 0.1) is 6.92 Å². The molecule has 3 aromatic rings. The Morgan fingerprint density at radius 2 is 1.78 bits per heavy atom. The number of sulfonamides is 1. The highest BCUT2D eigenvalue weighted by molar-refractivity contribution is 7.92. The first-order chi connectivity index (χ1) is 12.9. The van der Waals surface area contributed by atoms with Crippen molar-refractivity contribution in [3.63, 3.8) is 0 Å². The molecular weight excluding hydrogens is 362 g/mol. The van der Waals surface area contributed by atoms with Crippen molar-refractivity contribution >= 4 is 27.3 Å². The zero-order valence-corrected chi connectivity index (χ0v) is 15.8. The fraction of sp³-hybridized carbons (Fsp3) is 0.100. The first kappa shape index (κ1) is 18.6. The van der Waals surface area contributed by atoms with Gasteiger partial charge in [-0.15, -0.1) is 0 Å². The molecule has 1 amide bonds. The molecule has 0 fully saturated rings. The highest BCUT2D eigenvalue weighted by atomic mass is 32.2. The van der Waals surface area contributed by atoms with Gasteiger partial charge in [0.05, 0.1) is 22.5 Å². The molecular formula is C20H19N3O3S. The van der Waals surface area contributed by atoms with Crippen molar-refractivity contribution in [2.45, 2.75) is 11.8 Å². The topological polar surface area (TPSA) is 79.4 Å². The number of anilines is 2. The number of rotatable bonds is 5. The van der Waals surface area contributed by atoms with Gasteiger partial charge in [-0.3, -0.25) is 14.1 Å². The van der Waals surface area contributed by atoms with Gasteiger partial charge in [0.2, 0.25) is 0 Å².